The molecule has 0 aromatic heterocycles. The van der Waals surface area contributed by atoms with E-state index in [9.17, 15) is 9.59 Å². The van der Waals surface area contributed by atoms with Crippen LogP contribution in [0.2, 0.25) is 0 Å². The zero-order valence-corrected chi connectivity index (χ0v) is 17.2. The van der Waals surface area contributed by atoms with Crippen molar-refractivity contribution < 1.29 is 19.1 Å². The first-order valence-electron chi connectivity index (χ1n) is 9.91. The maximum Gasteiger partial charge on any atom is 0.236 e. The molecule has 0 bridgehead atoms. The molecule has 0 saturated carbocycles. The number of nitrogens with one attached hydrogen (secondary N) is 1. The van der Waals surface area contributed by atoms with Crippen LogP contribution >= 0.6 is 0 Å². The lowest BCUT2D eigenvalue weighted by Crippen LogP contribution is -2.51. The number of methoxy groups -OCH3 is 1. The third kappa shape index (κ3) is 5.15. The van der Waals surface area contributed by atoms with E-state index in [0.29, 0.717) is 32.2 Å². The Labute approximate surface area is 171 Å². The van der Waals surface area contributed by atoms with E-state index in [1.807, 2.05) is 54.3 Å². The molecule has 1 saturated heterocycles. The van der Waals surface area contributed by atoms with Gasteiger partial charge in [0.1, 0.15) is 11.5 Å². The molecule has 0 unspecified atom stereocenters. The Morgan fingerprint density at radius 3 is 2.66 bits per heavy atom. The van der Waals surface area contributed by atoms with Crippen LogP contribution in [0.4, 0.5) is 0 Å². The van der Waals surface area contributed by atoms with Crippen molar-refractivity contribution in [1.29, 1.82) is 0 Å². The number of benzene rings is 2. The molecule has 0 radical (unpaired) electrons. The average Bonchev–Trinajstić information content (AvgIpc) is 2.68. The maximum atomic E-state index is 12.4. The van der Waals surface area contributed by atoms with Crippen LogP contribution in [0.3, 0.4) is 0 Å². The number of likely N-dealkylation sites (tertiary alicyclic amines) is 1. The first-order chi connectivity index (χ1) is 14.0. The first kappa shape index (κ1) is 20.9. The number of hydrogen-bond acceptors (Lipinski definition) is 5. The van der Waals surface area contributed by atoms with E-state index < -0.39 is 0 Å². The van der Waals surface area contributed by atoms with Gasteiger partial charge in [0.15, 0.2) is 5.78 Å². The van der Waals surface area contributed by atoms with Gasteiger partial charge in [-0.2, -0.15) is 0 Å². The Kier molecular flexibility index (Phi) is 6.88. The number of carbonyl (C=O) groups excluding carboxylic acids is 2. The van der Waals surface area contributed by atoms with E-state index in [2.05, 4.69) is 5.32 Å². The Morgan fingerprint density at radius 1 is 1.17 bits per heavy atom. The Bertz CT molecular complexity index is 875. The quantitative estimate of drug-likeness (QED) is 0.660. The predicted molar refractivity (Wildman–Crippen MR) is 112 cm³/mol. The van der Waals surface area contributed by atoms with E-state index >= 15 is 0 Å². The van der Waals surface area contributed by atoms with Gasteiger partial charge in [-0.1, -0.05) is 24.3 Å². The lowest BCUT2D eigenvalue weighted by molar-refractivity contribution is -0.134. The molecule has 0 aliphatic carbocycles. The van der Waals surface area contributed by atoms with Gasteiger partial charge in [0.25, 0.3) is 0 Å². The van der Waals surface area contributed by atoms with E-state index in [4.69, 9.17) is 9.47 Å². The minimum atomic E-state index is 0.0632. The SMILES string of the molecule is CCOc1cc(OC)ccc1CNCC(=O)N1CC(c2cccc(C(C)=O)c2)C1. The van der Waals surface area contributed by atoms with Crippen LogP contribution in [0.15, 0.2) is 42.5 Å². The van der Waals surface area contributed by atoms with Crippen LogP contribution < -0.4 is 14.8 Å². The smallest absolute Gasteiger partial charge is 0.236 e. The molecule has 1 N–H and O–H groups in total. The van der Waals surface area contributed by atoms with Gasteiger partial charge in [-0.3, -0.25) is 9.59 Å². The fraction of sp³-hybridized carbons (Fsp3) is 0.391. The molecule has 1 aliphatic rings. The van der Waals surface area contributed by atoms with Gasteiger partial charge in [0.2, 0.25) is 5.91 Å². The Morgan fingerprint density at radius 2 is 1.97 bits per heavy atom. The number of ether oxygens (including phenoxy) is 2. The summed E-state index contributed by atoms with van der Waals surface area (Å²) in [5, 5.41) is 3.21. The van der Waals surface area contributed by atoms with Crippen LogP contribution in [0.25, 0.3) is 0 Å². The van der Waals surface area contributed by atoms with Crippen LogP contribution in [-0.2, 0) is 11.3 Å². The highest BCUT2D eigenvalue weighted by Gasteiger charge is 2.31. The van der Waals surface area contributed by atoms with Gasteiger partial charge in [-0.15, -0.1) is 0 Å². The summed E-state index contributed by atoms with van der Waals surface area (Å²) < 4.78 is 10.9. The summed E-state index contributed by atoms with van der Waals surface area (Å²) in [5.74, 6) is 1.95. The van der Waals surface area contributed by atoms with Crippen LogP contribution in [0.5, 0.6) is 11.5 Å². The van der Waals surface area contributed by atoms with Crippen molar-refractivity contribution in [3.63, 3.8) is 0 Å². The highest BCUT2D eigenvalue weighted by molar-refractivity contribution is 5.94. The van der Waals surface area contributed by atoms with Gasteiger partial charge in [-0.05, 0) is 31.5 Å². The van der Waals surface area contributed by atoms with E-state index in [0.717, 1.165) is 28.2 Å². The highest BCUT2D eigenvalue weighted by Crippen LogP contribution is 2.28. The van der Waals surface area contributed by atoms with Crippen LogP contribution in [-0.4, -0.2) is 49.9 Å². The Hall–Kier alpha value is -2.86. The second-order valence-electron chi connectivity index (χ2n) is 7.19. The molecule has 1 aliphatic heterocycles. The number of rotatable bonds is 9. The molecule has 1 heterocycles. The molecule has 2 aromatic rings. The molecule has 3 rings (SSSR count). The second kappa shape index (κ2) is 9.56. The minimum absolute atomic E-state index is 0.0632. The van der Waals surface area contributed by atoms with Crippen molar-refractivity contribution in [2.75, 3.05) is 33.4 Å². The summed E-state index contributed by atoms with van der Waals surface area (Å²) in [6.07, 6.45) is 0. The molecule has 2 aromatic carbocycles. The fourth-order valence-electron chi connectivity index (χ4n) is 3.42. The third-order valence-electron chi connectivity index (χ3n) is 5.16. The molecule has 1 fully saturated rings. The fourth-order valence-corrected chi connectivity index (χ4v) is 3.42. The summed E-state index contributed by atoms with van der Waals surface area (Å²) >= 11 is 0. The zero-order valence-electron chi connectivity index (χ0n) is 17.2. The number of nitrogens with zero attached hydrogens (tertiary/aromatic N) is 1. The van der Waals surface area contributed by atoms with Gasteiger partial charge in [0, 0.05) is 42.7 Å². The predicted octanol–water partition coefficient (Wildman–Crippen LogP) is 3.01. The molecular formula is C23H28N2O4. The van der Waals surface area contributed by atoms with Gasteiger partial charge in [-0.25, -0.2) is 0 Å². The van der Waals surface area contributed by atoms with E-state index in [1.54, 1.807) is 14.0 Å². The highest BCUT2D eigenvalue weighted by atomic mass is 16.5. The van der Waals surface area contributed by atoms with Crippen molar-refractivity contribution in [2.24, 2.45) is 0 Å². The maximum absolute atomic E-state index is 12.4. The summed E-state index contributed by atoms with van der Waals surface area (Å²) in [7, 11) is 1.62. The second-order valence-corrected chi connectivity index (χ2v) is 7.19. The molecule has 154 valence electrons. The van der Waals surface area contributed by atoms with E-state index in [-0.39, 0.29) is 18.2 Å². The van der Waals surface area contributed by atoms with Crippen molar-refractivity contribution in [3.8, 4) is 11.5 Å². The lowest BCUT2D eigenvalue weighted by Gasteiger charge is -2.39. The van der Waals surface area contributed by atoms with Crippen molar-refractivity contribution in [2.45, 2.75) is 26.3 Å². The first-order valence-corrected chi connectivity index (χ1v) is 9.91. The van der Waals surface area contributed by atoms with Crippen molar-refractivity contribution >= 4 is 11.7 Å². The third-order valence-corrected chi connectivity index (χ3v) is 5.16. The lowest BCUT2D eigenvalue weighted by atomic mass is 9.90. The monoisotopic (exact) mass is 396 g/mol. The summed E-state index contributed by atoms with van der Waals surface area (Å²) in [6, 6.07) is 13.4. The van der Waals surface area contributed by atoms with Gasteiger partial charge >= 0.3 is 0 Å². The van der Waals surface area contributed by atoms with E-state index in [1.165, 1.54) is 0 Å². The minimum Gasteiger partial charge on any atom is -0.497 e. The zero-order chi connectivity index (χ0) is 20.8. The standard InChI is InChI=1S/C23H28N2O4/c1-4-29-22-11-21(28-3)9-8-19(22)12-24-13-23(27)25-14-20(15-25)18-7-5-6-17(10-18)16(2)26/h5-11,20,24H,4,12-15H2,1-3H3. The molecular weight excluding hydrogens is 368 g/mol. The molecule has 0 spiro atoms. The summed E-state index contributed by atoms with van der Waals surface area (Å²) in [4.78, 5) is 25.8. The van der Waals surface area contributed by atoms with Crippen molar-refractivity contribution in [3.05, 3.63) is 59.2 Å². The van der Waals surface area contributed by atoms with Gasteiger partial charge in [0.05, 0.1) is 20.3 Å². The number of carbonyl (C=O) groups is 2. The summed E-state index contributed by atoms with van der Waals surface area (Å²) in [6.45, 7) is 6.27. The molecule has 0 atom stereocenters. The number of ketones is 1. The largest absolute Gasteiger partial charge is 0.497 e. The number of amides is 1. The topological polar surface area (TPSA) is 67.9 Å². The Balaban J connectivity index is 1.48. The van der Waals surface area contributed by atoms with Crippen LogP contribution in [0.1, 0.15) is 41.3 Å². The molecule has 29 heavy (non-hydrogen) atoms. The summed E-state index contributed by atoms with van der Waals surface area (Å²) in [5.41, 5.74) is 2.83. The molecule has 6 heteroatoms. The van der Waals surface area contributed by atoms with Gasteiger partial charge < -0.3 is 19.7 Å². The van der Waals surface area contributed by atoms with Crippen molar-refractivity contribution in [1.82, 2.24) is 10.2 Å². The number of hydrogen-bond donors (Lipinski definition) is 1. The number of Topliss-reactive ketones (excluding diaryl/α,β-unsaturated/α-hetero) is 1. The normalized spacial score (nSPS) is 13.7. The average molecular weight is 396 g/mol. The molecule has 6 nitrogen and oxygen atoms in total. The molecule has 1 amide bonds. The van der Waals surface area contributed by atoms with Crippen LogP contribution in [0, 0.1) is 0 Å².